The second-order valence-corrected chi connectivity index (χ2v) is 7.61. The van der Waals surface area contributed by atoms with E-state index in [9.17, 15) is 13.2 Å². The molecule has 0 aliphatic carbocycles. The fraction of sp³-hybridized carbons (Fsp3) is 0.385. The molecular formula is C13H17N5O4S. The number of nitrogens with zero attached hydrogens (tertiary/aromatic N) is 3. The van der Waals surface area contributed by atoms with Crippen molar-refractivity contribution < 1.29 is 18.3 Å². The highest BCUT2D eigenvalue weighted by Crippen LogP contribution is 2.26. The first kappa shape index (κ1) is 17.0. The molecule has 2 rings (SSSR count). The molecule has 2 aromatic rings. The van der Waals surface area contributed by atoms with Gasteiger partial charge in [-0.1, -0.05) is 20.8 Å². The number of sulfonamides is 1. The van der Waals surface area contributed by atoms with E-state index in [2.05, 4.69) is 24.9 Å². The molecule has 0 saturated carbocycles. The van der Waals surface area contributed by atoms with Gasteiger partial charge < -0.3 is 5.11 Å². The lowest BCUT2D eigenvalue weighted by atomic mass is 9.92. The maximum Gasteiger partial charge on any atom is 0.338 e. The van der Waals surface area contributed by atoms with Crippen LogP contribution in [0.4, 0.5) is 0 Å². The molecule has 2 heterocycles. The summed E-state index contributed by atoms with van der Waals surface area (Å²) in [7, 11) is -3.80. The Bertz CT molecular complexity index is 806. The third-order valence-corrected chi connectivity index (χ3v) is 4.43. The number of nitrogens with one attached hydrogen (secondary N) is 2. The van der Waals surface area contributed by atoms with Gasteiger partial charge in [0, 0.05) is 17.8 Å². The Kier molecular flexibility index (Phi) is 4.48. The van der Waals surface area contributed by atoms with E-state index in [0.29, 0.717) is 5.69 Å². The average molecular weight is 339 g/mol. The Hall–Kier alpha value is -2.33. The average Bonchev–Trinajstić information content (AvgIpc) is 2.96. The summed E-state index contributed by atoms with van der Waals surface area (Å²) in [5.41, 5.74) is 0.00818. The van der Waals surface area contributed by atoms with Crippen molar-refractivity contribution in [1.29, 1.82) is 0 Å². The van der Waals surface area contributed by atoms with Crippen LogP contribution in [0.25, 0.3) is 0 Å². The van der Waals surface area contributed by atoms with Crippen LogP contribution < -0.4 is 4.72 Å². The van der Waals surface area contributed by atoms with Crippen LogP contribution in [0.5, 0.6) is 0 Å². The van der Waals surface area contributed by atoms with Crippen molar-refractivity contribution in [3.63, 3.8) is 0 Å². The molecule has 0 saturated heterocycles. The minimum atomic E-state index is -3.80. The van der Waals surface area contributed by atoms with Crippen LogP contribution in [-0.4, -0.2) is 39.7 Å². The highest BCUT2D eigenvalue weighted by Gasteiger charge is 2.27. The van der Waals surface area contributed by atoms with Crippen molar-refractivity contribution in [1.82, 2.24) is 24.9 Å². The molecule has 0 aromatic carbocycles. The molecule has 0 aliphatic rings. The molecule has 9 nitrogen and oxygen atoms in total. The van der Waals surface area contributed by atoms with Crippen LogP contribution in [0.3, 0.4) is 0 Å². The maximum absolute atomic E-state index is 12.4. The van der Waals surface area contributed by atoms with E-state index in [0.717, 1.165) is 12.4 Å². The molecule has 3 N–H and O–H groups in total. The lowest BCUT2D eigenvalue weighted by Gasteiger charge is -2.18. The molecule has 0 spiro atoms. The van der Waals surface area contributed by atoms with Gasteiger partial charge in [0.2, 0.25) is 10.0 Å². The molecule has 0 radical (unpaired) electrons. The second-order valence-electron chi connectivity index (χ2n) is 5.88. The van der Waals surface area contributed by atoms with Crippen LogP contribution in [0.1, 0.15) is 42.6 Å². The Balaban J connectivity index is 2.16. The highest BCUT2D eigenvalue weighted by molar-refractivity contribution is 7.89. The van der Waals surface area contributed by atoms with E-state index < -0.39 is 21.4 Å². The SMILES string of the molecule is CC(C)(C)c1[nH]ncc1S(=O)(=O)NCc1ncc(C(=O)O)cn1. The quantitative estimate of drug-likeness (QED) is 0.728. The first-order valence-corrected chi connectivity index (χ1v) is 8.17. The zero-order valence-electron chi connectivity index (χ0n) is 12.9. The molecule has 0 unspecified atom stereocenters. The van der Waals surface area contributed by atoms with Gasteiger partial charge in [-0.2, -0.15) is 5.10 Å². The molecule has 23 heavy (non-hydrogen) atoms. The number of hydrogen-bond donors (Lipinski definition) is 3. The van der Waals surface area contributed by atoms with E-state index in [4.69, 9.17) is 5.11 Å². The van der Waals surface area contributed by atoms with E-state index >= 15 is 0 Å². The normalized spacial score (nSPS) is 12.3. The van der Waals surface area contributed by atoms with Crippen molar-refractivity contribution in [3.05, 3.63) is 35.7 Å². The van der Waals surface area contributed by atoms with Gasteiger partial charge in [-0.05, 0) is 0 Å². The largest absolute Gasteiger partial charge is 0.478 e. The van der Waals surface area contributed by atoms with Crippen LogP contribution in [-0.2, 0) is 22.0 Å². The fourth-order valence-corrected chi connectivity index (χ4v) is 3.10. The van der Waals surface area contributed by atoms with Crippen LogP contribution >= 0.6 is 0 Å². The first-order valence-electron chi connectivity index (χ1n) is 6.69. The number of hydrogen-bond acceptors (Lipinski definition) is 6. The molecular weight excluding hydrogens is 322 g/mol. The van der Waals surface area contributed by atoms with E-state index in [1.807, 2.05) is 20.8 Å². The Morgan fingerprint density at radius 1 is 1.26 bits per heavy atom. The van der Waals surface area contributed by atoms with Crippen molar-refractivity contribution in [2.75, 3.05) is 0 Å². The molecule has 0 amide bonds. The number of aromatic carboxylic acids is 1. The predicted molar refractivity (Wildman–Crippen MR) is 80.3 cm³/mol. The van der Waals surface area contributed by atoms with Gasteiger partial charge in [0.15, 0.2) is 0 Å². The Morgan fingerprint density at radius 3 is 2.39 bits per heavy atom. The summed E-state index contributed by atoms with van der Waals surface area (Å²) in [4.78, 5) is 18.4. The van der Waals surface area contributed by atoms with Crippen molar-refractivity contribution in [3.8, 4) is 0 Å². The molecule has 0 atom stereocenters. The zero-order valence-corrected chi connectivity index (χ0v) is 13.7. The van der Waals surface area contributed by atoms with Gasteiger partial charge in [0.1, 0.15) is 10.7 Å². The Morgan fingerprint density at radius 2 is 1.87 bits per heavy atom. The third kappa shape index (κ3) is 3.90. The maximum atomic E-state index is 12.4. The lowest BCUT2D eigenvalue weighted by molar-refractivity contribution is 0.0696. The smallest absolute Gasteiger partial charge is 0.338 e. The standard InChI is InChI=1S/C13H17N5O4S/c1-13(2,3)11-9(6-16-18-11)23(21,22)17-7-10-14-4-8(5-15-10)12(19)20/h4-6,17H,7H2,1-3H3,(H,16,18)(H,19,20). The van der Waals surface area contributed by atoms with E-state index in [1.54, 1.807) is 0 Å². The summed E-state index contributed by atoms with van der Waals surface area (Å²) in [5, 5.41) is 15.3. The summed E-state index contributed by atoms with van der Waals surface area (Å²) in [6, 6.07) is 0. The summed E-state index contributed by atoms with van der Waals surface area (Å²) < 4.78 is 27.2. The lowest BCUT2D eigenvalue weighted by Crippen LogP contribution is -2.27. The fourth-order valence-electron chi connectivity index (χ4n) is 1.81. The minimum Gasteiger partial charge on any atom is -0.478 e. The van der Waals surface area contributed by atoms with Gasteiger partial charge in [-0.3, -0.25) is 5.10 Å². The number of carbonyl (C=O) groups is 1. The van der Waals surface area contributed by atoms with Crippen molar-refractivity contribution >= 4 is 16.0 Å². The van der Waals surface area contributed by atoms with Gasteiger partial charge in [-0.25, -0.2) is 27.9 Å². The summed E-state index contributed by atoms with van der Waals surface area (Å²) in [6.45, 7) is 5.45. The number of aromatic amines is 1. The zero-order chi connectivity index (χ0) is 17.3. The predicted octanol–water partition coefficient (Wildman–Crippen LogP) is 0.674. The van der Waals surface area contributed by atoms with Crippen LogP contribution in [0.15, 0.2) is 23.5 Å². The molecule has 10 heteroatoms. The topological polar surface area (TPSA) is 138 Å². The third-order valence-electron chi connectivity index (χ3n) is 3.02. The van der Waals surface area contributed by atoms with Crippen LogP contribution in [0, 0.1) is 0 Å². The second kappa shape index (κ2) is 6.05. The monoisotopic (exact) mass is 339 g/mol. The summed E-state index contributed by atoms with van der Waals surface area (Å²) in [6.07, 6.45) is 3.49. The Labute approximate surface area is 133 Å². The molecule has 124 valence electrons. The molecule has 2 aromatic heterocycles. The van der Waals surface area contributed by atoms with Gasteiger partial charge in [-0.15, -0.1) is 0 Å². The summed E-state index contributed by atoms with van der Waals surface area (Å²) in [5.74, 6) is -0.982. The number of carboxylic acids is 1. The number of H-pyrrole nitrogens is 1. The van der Waals surface area contributed by atoms with Crippen molar-refractivity contribution in [2.24, 2.45) is 0 Å². The van der Waals surface area contributed by atoms with E-state index in [-0.39, 0.29) is 22.8 Å². The van der Waals surface area contributed by atoms with Gasteiger partial charge in [0.25, 0.3) is 0 Å². The molecule has 0 bridgehead atoms. The van der Waals surface area contributed by atoms with Crippen molar-refractivity contribution in [2.45, 2.75) is 37.6 Å². The number of aromatic nitrogens is 4. The number of carboxylic acid groups (broad SMARTS) is 1. The molecule has 0 fully saturated rings. The van der Waals surface area contributed by atoms with E-state index in [1.165, 1.54) is 6.20 Å². The van der Waals surface area contributed by atoms with Gasteiger partial charge in [0.05, 0.1) is 24.0 Å². The first-order chi connectivity index (χ1) is 10.6. The van der Waals surface area contributed by atoms with Gasteiger partial charge >= 0.3 is 5.97 Å². The minimum absolute atomic E-state index is 0.0622. The van der Waals surface area contributed by atoms with Crippen LogP contribution in [0.2, 0.25) is 0 Å². The highest BCUT2D eigenvalue weighted by atomic mass is 32.2. The number of rotatable bonds is 5. The summed E-state index contributed by atoms with van der Waals surface area (Å²) >= 11 is 0. The molecule has 0 aliphatic heterocycles.